The second kappa shape index (κ2) is 5.80. The van der Waals surface area contributed by atoms with Gasteiger partial charge in [0.2, 0.25) is 0 Å². The van der Waals surface area contributed by atoms with Crippen molar-refractivity contribution in [3.63, 3.8) is 0 Å². The SMILES string of the molecule is CCc1ccsc1C(NC)c1cc(C)c(F)cc1F. The minimum atomic E-state index is -0.502. The Morgan fingerprint density at radius 3 is 2.63 bits per heavy atom. The molecule has 1 aromatic carbocycles. The van der Waals surface area contributed by atoms with Crippen LogP contribution in [-0.2, 0) is 6.42 Å². The molecule has 1 N–H and O–H groups in total. The van der Waals surface area contributed by atoms with Gasteiger partial charge in [0, 0.05) is 16.5 Å². The lowest BCUT2D eigenvalue weighted by atomic mass is 9.99. The quantitative estimate of drug-likeness (QED) is 0.885. The molecule has 0 saturated heterocycles. The van der Waals surface area contributed by atoms with Gasteiger partial charge in [-0.1, -0.05) is 6.92 Å². The van der Waals surface area contributed by atoms with Crippen LogP contribution in [0.25, 0.3) is 0 Å². The van der Waals surface area contributed by atoms with Gasteiger partial charge in [-0.3, -0.25) is 0 Å². The van der Waals surface area contributed by atoms with Gasteiger partial charge < -0.3 is 5.32 Å². The molecule has 0 fully saturated rings. The summed E-state index contributed by atoms with van der Waals surface area (Å²) in [4.78, 5) is 1.09. The molecular weight excluding hydrogens is 264 g/mol. The van der Waals surface area contributed by atoms with Gasteiger partial charge in [0.05, 0.1) is 6.04 Å². The predicted octanol–water partition coefficient (Wildman–Crippen LogP) is 4.21. The molecule has 2 rings (SSSR count). The molecule has 0 aliphatic rings. The highest BCUT2D eigenvalue weighted by Gasteiger charge is 2.21. The number of rotatable bonds is 4. The summed E-state index contributed by atoms with van der Waals surface area (Å²) in [5.74, 6) is -1.00. The Morgan fingerprint density at radius 1 is 1.26 bits per heavy atom. The molecule has 0 aliphatic carbocycles. The van der Waals surface area contributed by atoms with Crippen LogP contribution in [-0.4, -0.2) is 7.05 Å². The Hall–Kier alpha value is -1.26. The van der Waals surface area contributed by atoms with E-state index in [-0.39, 0.29) is 6.04 Å². The molecule has 1 aromatic heterocycles. The molecule has 0 radical (unpaired) electrons. The van der Waals surface area contributed by atoms with Crippen molar-refractivity contribution in [3.05, 3.63) is 56.8 Å². The summed E-state index contributed by atoms with van der Waals surface area (Å²) in [6, 6.07) is 4.38. The molecule has 1 atom stereocenters. The average molecular weight is 281 g/mol. The largest absolute Gasteiger partial charge is 0.309 e. The van der Waals surface area contributed by atoms with Crippen LogP contribution in [0.1, 0.15) is 34.5 Å². The van der Waals surface area contributed by atoms with E-state index in [1.807, 2.05) is 5.38 Å². The van der Waals surface area contributed by atoms with E-state index in [1.165, 1.54) is 5.56 Å². The van der Waals surface area contributed by atoms with Gasteiger partial charge in [0.1, 0.15) is 11.6 Å². The Morgan fingerprint density at radius 2 is 2.00 bits per heavy atom. The first-order chi connectivity index (χ1) is 9.08. The third kappa shape index (κ3) is 2.69. The van der Waals surface area contributed by atoms with Crippen LogP contribution < -0.4 is 5.32 Å². The van der Waals surface area contributed by atoms with E-state index in [0.717, 1.165) is 17.4 Å². The summed E-state index contributed by atoms with van der Waals surface area (Å²) in [5, 5.41) is 5.14. The monoisotopic (exact) mass is 281 g/mol. The van der Waals surface area contributed by atoms with E-state index < -0.39 is 11.6 Å². The Balaban J connectivity index is 2.51. The van der Waals surface area contributed by atoms with E-state index in [0.29, 0.717) is 11.1 Å². The van der Waals surface area contributed by atoms with Gasteiger partial charge in [-0.15, -0.1) is 11.3 Å². The maximum Gasteiger partial charge on any atom is 0.131 e. The van der Waals surface area contributed by atoms with Crippen molar-refractivity contribution in [1.29, 1.82) is 0 Å². The highest BCUT2D eigenvalue weighted by atomic mass is 32.1. The third-order valence-electron chi connectivity index (χ3n) is 3.30. The minimum Gasteiger partial charge on any atom is -0.309 e. The summed E-state index contributed by atoms with van der Waals surface area (Å²) >= 11 is 1.60. The zero-order valence-corrected chi connectivity index (χ0v) is 12.1. The molecule has 1 heterocycles. The Bertz CT molecular complexity index is 578. The standard InChI is InChI=1S/C15H17F2NS/c1-4-10-5-6-19-15(10)14(18-3)11-7-9(2)12(16)8-13(11)17/h5-8,14,18H,4H2,1-3H3. The Kier molecular flexibility index (Phi) is 4.32. The number of hydrogen-bond donors (Lipinski definition) is 1. The van der Waals surface area contributed by atoms with Crippen LogP contribution in [0.4, 0.5) is 8.78 Å². The number of halogens is 2. The van der Waals surface area contributed by atoms with E-state index in [2.05, 4.69) is 18.3 Å². The lowest BCUT2D eigenvalue weighted by molar-refractivity contribution is 0.549. The van der Waals surface area contributed by atoms with Crippen molar-refractivity contribution in [2.45, 2.75) is 26.3 Å². The first kappa shape index (κ1) is 14.2. The number of nitrogens with one attached hydrogen (secondary N) is 1. The van der Waals surface area contributed by atoms with Crippen molar-refractivity contribution in [3.8, 4) is 0 Å². The molecule has 0 bridgehead atoms. The second-order valence-electron chi connectivity index (χ2n) is 4.51. The van der Waals surface area contributed by atoms with Crippen molar-refractivity contribution < 1.29 is 8.78 Å². The molecule has 4 heteroatoms. The van der Waals surface area contributed by atoms with Gasteiger partial charge in [-0.05, 0) is 49.0 Å². The fourth-order valence-corrected chi connectivity index (χ4v) is 3.34. The maximum atomic E-state index is 14.0. The van der Waals surface area contributed by atoms with E-state index in [4.69, 9.17) is 0 Å². The van der Waals surface area contributed by atoms with E-state index >= 15 is 0 Å². The molecule has 0 saturated carbocycles. The molecule has 0 amide bonds. The van der Waals surface area contributed by atoms with Gasteiger partial charge in [-0.2, -0.15) is 0 Å². The highest BCUT2D eigenvalue weighted by Crippen LogP contribution is 2.32. The van der Waals surface area contributed by atoms with E-state index in [1.54, 1.807) is 31.4 Å². The van der Waals surface area contributed by atoms with Crippen LogP contribution in [0.5, 0.6) is 0 Å². The third-order valence-corrected chi connectivity index (χ3v) is 4.33. The van der Waals surface area contributed by atoms with Gasteiger partial charge in [-0.25, -0.2) is 8.78 Å². The molecule has 0 spiro atoms. The predicted molar refractivity (Wildman–Crippen MR) is 75.7 cm³/mol. The summed E-state index contributed by atoms with van der Waals surface area (Å²) in [6.45, 7) is 3.73. The van der Waals surface area contributed by atoms with Gasteiger partial charge in [0.25, 0.3) is 0 Å². The van der Waals surface area contributed by atoms with Gasteiger partial charge >= 0.3 is 0 Å². The van der Waals surface area contributed by atoms with Crippen molar-refractivity contribution >= 4 is 11.3 Å². The second-order valence-corrected chi connectivity index (χ2v) is 5.46. The minimum absolute atomic E-state index is 0.228. The summed E-state index contributed by atoms with van der Waals surface area (Å²) < 4.78 is 27.4. The Labute approximate surface area is 116 Å². The number of hydrogen-bond acceptors (Lipinski definition) is 2. The summed E-state index contributed by atoms with van der Waals surface area (Å²) in [6.07, 6.45) is 0.902. The molecular formula is C15H17F2NS. The van der Waals surface area contributed by atoms with Crippen LogP contribution in [0, 0.1) is 18.6 Å². The van der Waals surface area contributed by atoms with Crippen LogP contribution in [0.3, 0.4) is 0 Å². The average Bonchev–Trinajstić information content (AvgIpc) is 2.84. The van der Waals surface area contributed by atoms with Crippen LogP contribution in [0.2, 0.25) is 0 Å². The summed E-state index contributed by atoms with van der Waals surface area (Å²) in [5.41, 5.74) is 2.16. The smallest absolute Gasteiger partial charge is 0.131 e. The first-order valence-electron chi connectivity index (χ1n) is 6.27. The molecule has 102 valence electrons. The normalized spacial score (nSPS) is 12.7. The number of aryl methyl sites for hydroxylation is 2. The van der Waals surface area contributed by atoms with Crippen molar-refractivity contribution in [2.75, 3.05) is 7.05 Å². The lowest BCUT2D eigenvalue weighted by Crippen LogP contribution is -2.19. The molecule has 0 aliphatic heterocycles. The topological polar surface area (TPSA) is 12.0 Å². The molecule has 1 unspecified atom stereocenters. The fourth-order valence-electron chi connectivity index (χ4n) is 2.22. The zero-order chi connectivity index (χ0) is 14.0. The fraction of sp³-hybridized carbons (Fsp3) is 0.333. The van der Waals surface area contributed by atoms with Crippen molar-refractivity contribution in [1.82, 2.24) is 5.32 Å². The number of benzene rings is 1. The highest BCUT2D eigenvalue weighted by molar-refractivity contribution is 7.10. The molecule has 1 nitrogen and oxygen atoms in total. The summed E-state index contributed by atoms with van der Waals surface area (Å²) in [7, 11) is 1.79. The van der Waals surface area contributed by atoms with Crippen LogP contribution >= 0.6 is 11.3 Å². The maximum absolute atomic E-state index is 14.0. The van der Waals surface area contributed by atoms with Crippen molar-refractivity contribution in [2.24, 2.45) is 0 Å². The molecule has 19 heavy (non-hydrogen) atoms. The molecule has 2 aromatic rings. The van der Waals surface area contributed by atoms with E-state index in [9.17, 15) is 8.78 Å². The lowest BCUT2D eigenvalue weighted by Gasteiger charge is -2.18. The van der Waals surface area contributed by atoms with Crippen LogP contribution in [0.15, 0.2) is 23.6 Å². The number of thiophene rings is 1. The first-order valence-corrected chi connectivity index (χ1v) is 7.15. The zero-order valence-electron chi connectivity index (χ0n) is 11.3. The van der Waals surface area contributed by atoms with Gasteiger partial charge in [0.15, 0.2) is 0 Å².